The van der Waals surface area contributed by atoms with Crippen LogP contribution in [0.15, 0.2) is 0 Å². The van der Waals surface area contributed by atoms with Gasteiger partial charge in [-0.25, -0.2) is 0 Å². The molecule has 0 radical (unpaired) electrons. The van der Waals surface area contributed by atoms with Crippen molar-refractivity contribution in [3.63, 3.8) is 0 Å². The van der Waals surface area contributed by atoms with Crippen LogP contribution >= 0.6 is 0 Å². The number of hydrogen-bond donors (Lipinski definition) is 1. The summed E-state index contributed by atoms with van der Waals surface area (Å²) in [4.78, 5) is 22.7. The third-order valence-electron chi connectivity index (χ3n) is 3.39. The van der Waals surface area contributed by atoms with Gasteiger partial charge in [-0.1, -0.05) is 19.3 Å². The lowest BCUT2D eigenvalue weighted by Gasteiger charge is -2.40. The van der Waals surface area contributed by atoms with Crippen molar-refractivity contribution in [3.05, 3.63) is 10.1 Å². The van der Waals surface area contributed by atoms with Crippen LogP contribution in [0.2, 0.25) is 0 Å². The number of hydrogen-bond acceptors (Lipinski definition) is 4. The van der Waals surface area contributed by atoms with E-state index in [9.17, 15) is 14.9 Å². The van der Waals surface area contributed by atoms with E-state index in [4.69, 9.17) is 5.11 Å². The molecular formula is C10H18N2O4. The van der Waals surface area contributed by atoms with Crippen LogP contribution in [0.5, 0.6) is 0 Å². The van der Waals surface area contributed by atoms with Crippen LogP contribution in [0.4, 0.5) is 0 Å². The van der Waals surface area contributed by atoms with Gasteiger partial charge >= 0.3 is 5.97 Å². The molecule has 0 unspecified atom stereocenters. The summed E-state index contributed by atoms with van der Waals surface area (Å²) >= 11 is 0. The third kappa shape index (κ3) is 3.16. The van der Waals surface area contributed by atoms with Crippen LogP contribution in [0, 0.1) is 10.1 Å². The van der Waals surface area contributed by atoms with E-state index in [2.05, 4.69) is 0 Å². The molecule has 1 aliphatic carbocycles. The zero-order valence-corrected chi connectivity index (χ0v) is 9.52. The number of nitro groups is 1. The molecule has 0 aromatic carbocycles. The van der Waals surface area contributed by atoms with Gasteiger partial charge in [0, 0.05) is 4.92 Å². The van der Waals surface area contributed by atoms with Crippen LogP contribution in [-0.4, -0.2) is 46.6 Å². The highest BCUT2D eigenvalue weighted by atomic mass is 16.6. The van der Waals surface area contributed by atoms with Crippen molar-refractivity contribution in [2.24, 2.45) is 0 Å². The molecule has 0 saturated heterocycles. The molecule has 1 N–H and O–H groups in total. The van der Waals surface area contributed by atoms with Gasteiger partial charge in [-0.05, 0) is 19.9 Å². The SMILES string of the molecule is CN(CC(=O)O)C1(C[N+](=O)[O-])CCCCC1. The van der Waals surface area contributed by atoms with Gasteiger partial charge in [0.2, 0.25) is 6.54 Å². The summed E-state index contributed by atoms with van der Waals surface area (Å²) in [5, 5.41) is 19.4. The first-order valence-corrected chi connectivity index (χ1v) is 5.51. The van der Waals surface area contributed by atoms with E-state index in [1.807, 2.05) is 0 Å². The lowest BCUT2D eigenvalue weighted by molar-refractivity contribution is -0.496. The Morgan fingerprint density at radius 3 is 2.44 bits per heavy atom. The van der Waals surface area contributed by atoms with E-state index in [0.717, 1.165) is 32.1 Å². The van der Waals surface area contributed by atoms with Crippen molar-refractivity contribution in [2.75, 3.05) is 20.1 Å². The summed E-state index contributed by atoms with van der Waals surface area (Å²) in [6.07, 6.45) is 4.41. The normalized spacial score (nSPS) is 19.6. The van der Waals surface area contributed by atoms with E-state index in [-0.39, 0.29) is 18.0 Å². The predicted molar refractivity (Wildman–Crippen MR) is 57.9 cm³/mol. The lowest BCUT2D eigenvalue weighted by atomic mass is 9.80. The topological polar surface area (TPSA) is 83.7 Å². The number of carboxylic acids is 1. The second-order valence-corrected chi connectivity index (χ2v) is 4.53. The van der Waals surface area contributed by atoms with Crippen LogP contribution in [-0.2, 0) is 4.79 Å². The van der Waals surface area contributed by atoms with Crippen molar-refractivity contribution in [1.29, 1.82) is 0 Å². The molecule has 1 aliphatic rings. The molecule has 6 nitrogen and oxygen atoms in total. The first kappa shape index (κ1) is 12.9. The van der Waals surface area contributed by atoms with E-state index in [1.165, 1.54) is 0 Å². The summed E-state index contributed by atoms with van der Waals surface area (Å²) in [5.74, 6) is -0.934. The highest BCUT2D eigenvalue weighted by Gasteiger charge is 2.41. The van der Waals surface area contributed by atoms with Crippen molar-refractivity contribution < 1.29 is 14.8 Å². The third-order valence-corrected chi connectivity index (χ3v) is 3.39. The summed E-state index contributed by atoms with van der Waals surface area (Å²) in [7, 11) is 1.67. The van der Waals surface area contributed by atoms with Gasteiger partial charge in [0.15, 0.2) is 0 Å². The number of aliphatic carboxylic acids is 1. The molecule has 0 amide bonds. The summed E-state index contributed by atoms with van der Waals surface area (Å²) in [5.41, 5.74) is -0.555. The van der Waals surface area contributed by atoms with Crippen molar-refractivity contribution in [3.8, 4) is 0 Å². The van der Waals surface area contributed by atoms with Crippen LogP contribution < -0.4 is 0 Å². The molecular weight excluding hydrogens is 212 g/mol. The van der Waals surface area contributed by atoms with E-state index in [1.54, 1.807) is 11.9 Å². The van der Waals surface area contributed by atoms with Crippen molar-refractivity contribution in [1.82, 2.24) is 4.90 Å². The fourth-order valence-corrected chi connectivity index (χ4v) is 2.48. The number of rotatable bonds is 5. The van der Waals surface area contributed by atoms with Crippen LogP contribution in [0.1, 0.15) is 32.1 Å². The van der Waals surface area contributed by atoms with Crippen molar-refractivity contribution >= 4 is 5.97 Å². The maximum atomic E-state index is 10.7. The second kappa shape index (κ2) is 5.25. The minimum Gasteiger partial charge on any atom is -0.480 e. The van der Waals surface area contributed by atoms with Gasteiger partial charge in [-0.2, -0.15) is 0 Å². The predicted octanol–water partition coefficient (Wildman–Crippen LogP) is 0.982. The zero-order valence-electron chi connectivity index (χ0n) is 9.52. The number of nitrogens with zero attached hydrogens (tertiary/aromatic N) is 2. The monoisotopic (exact) mass is 230 g/mol. The number of carbonyl (C=O) groups is 1. The Bertz CT molecular complexity index is 274. The highest BCUT2D eigenvalue weighted by molar-refractivity contribution is 5.69. The van der Waals surface area contributed by atoms with E-state index < -0.39 is 11.5 Å². The Morgan fingerprint density at radius 2 is 2.00 bits per heavy atom. The molecule has 0 aliphatic heterocycles. The molecule has 16 heavy (non-hydrogen) atoms. The maximum absolute atomic E-state index is 10.7. The van der Waals surface area contributed by atoms with Gasteiger partial charge < -0.3 is 5.11 Å². The minimum absolute atomic E-state index is 0.131. The summed E-state index contributed by atoms with van der Waals surface area (Å²) in [6, 6.07) is 0. The highest BCUT2D eigenvalue weighted by Crippen LogP contribution is 2.32. The molecule has 0 bridgehead atoms. The van der Waals surface area contributed by atoms with E-state index >= 15 is 0 Å². The smallest absolute Gasteiger partial charge is 0.317 e. The van der Waals surface area contributed by atoms with Gasteiger partial charge in [0.25, 0.3) is 0 Å². The molecule has 0 spiro atoms. The zero-order chi connectivity index (χ0) is 12.2. The first-order chi connectivity index (χ1) is 7.46. The average Bonchev–Trinajstić information content (AvgIpc) is 2.16. The Balaban J connectivity index is 2.75. The summed E-state index contributed by atoms with van der Waals surface area (Å²) < 4.78 is 0. The molecule has 6 heteroatoms. The Kier molecular flexibility index (Phi) is 4.23. The fraction of sp³-hybridized carbons (Fsp3) is 0.900. The van der Waals surface area contributed by atoms with Crippen molar-refractivity contribution in [2.45, 2.75) is 37.6 Å². The van der Waals surface area contributed by atoms with E-state index in [0.29, 0.717) is 0 Å². The van der Waals surface area contributed by atoms with Gasteiger partial charge in [0.05, 0.1) is 12.1 Å². The lowest BCUT2D eigenvalue weighted by Crippen LogP contribution is -2.54. The summed E-state index contributed by atoms with van der Waals surface area (Å²) in [6.45, 7) is -0.287. The molecule has 0 aromatic heterocycles. The van der Waals surface area contributed by atoms with Gasteiger partial charge in [-0.15, -0.1) is 0 Å². The Labute approximate surface area is 94.4 Å². The average molecular weight is 230 g/mol. The largest absolute Gasteiger partial charge is 0.480 e. The molecule has 0 aromatic rings. The van der Waals surface area contributed by atoms with Crippen LogP contribution in [0.25, 0.3) is 0 Å². The van der Waals surface area contributed by atoms with Crippen LogP contribution in [0.3, 0.4) is 0 Å². The molecule has 0 atom stereocenters. The minimum atomic E-state index is -0.934. The standard InChI is InChI=1S/C10H18N2O4/c1-11(7-9(13)14)10(8-12(15)16)5-3-2-4-6-10/h2-8H2,1H3,(H,13,14). The first-order valence-electron chi connectivity index (χ1n) is 5.51. The molecule has 1 fully saturated rings. The second-order valence-electron chi connectivity index (χ2n) is 4.53. The Morgan fingerprint density at radius 1 is 1.44 bits per heavy atom. The Hall–Kier alpha value is -1.17. The molecule has 0 heterocycles. The number of likely N-dealkylation sites (N-methyl/N-ethyl adjacent to an activating group) is 1. The number of carboxylic acid groups (broad SMARTS) is 1. The van der Waals surface area contributed by atoms with Gasteiger partial charge in [-0.3, -0.25) is 19.8 Å². The fourth-order valence-electron chi connectivity index (χ4n) is 2.48. The molecule has 92 valence electrons. The maximum Gasteiger partial charge on any atom is 0.317 e. The molecule has 1 rings (SSSR count). The molecule has 1 saturated carbocycles. The van der Waals surface area contributed by atoms with Gasteiger partial charge in [0.1, 0.15) is 0 Å². The quantitative estimate of drug-likeness (QED) is 0.562.